The van der Waals surface area contributed by atoms with Crippen molar-refractivity contribution >= 4 is 27.5 Å². The monoisotopic (exact) mass is 431 g/mol. The van der Waals surface area contributed by atoms with Crippen molar-refractivity contribution in [3.63, 3.8) is 0 Å². The third-order valence-electron chi connectivity index (χ3n) is 5.39. The second-order valence-corrected chi connectivity index (χ2v) is 10.9. The lowest BCUT2D eigenvalue weighted by Crippen LogP contribution is -2.43. The number of amides is 1. The summed E-state index contributed by atoms with van der Waals surface area (Å²) in [5.74, 6) is 0.187. The van der Waals surface area contributed by atoms with E-state index in [-0.39, 0.29) is 23.0 Å². The van der Waals surface area contributed by atoms with E-state index in [1.807, 2.05) is 30.9 Å². The third kappa shape index (κ3) is 4.69. The lowest BCUT2D eigenvalue weighted by molar-refractivity contribution is -0.133. The van der Waals surface area contributed by atoms with Gasteiger partial charge in [0.2, 0.25) is 5.91 Å². The normalized spacial score (nSPS) is 17.6. The predicted molar refractivity (Wildman–Crippen MR) is 119 cm³/mol. The molecule has 1 amide bonds. The summed E-state index contributed by atoms with van der Waals surface area (Å²) in [7, 11) is -3.34. The topological polar surface area (TPSA) is 54.5 Å². The molecule has 0 aromatic heterocycles. The van der Waals surface area contributed by atoms with E-state index in [1.165, 1.54) is 22.9 Å². The fraction of sp³-hybridized carbons (Fsp3) is 0.435. The maximum atomic E-state index is 13.3. The van der Waals surface area contributed by atoms with Crippen molar-refractivity contribution in [3.8, 4) is 0 Å². The van der Waals surface area contributed by atoms with Gasteiger partial charge in [-0.1, -0.05) is 50.2 Å². The Morgan fingerprint density at radius 2 is 1.83 bits per heavy atom. The molecule has 29 heavy (non-hydrogen) atoms. The van der Waals surface area contributed by atoms with Crippen LogP contribution < -0.4 is 0 Å². The Labute approximate surface area is 178 Å². The largest absolute Gasteiger partial charge is 0.334 e. The molecule has 2 aromatic carbocycles. The van der Waals surface area contributed by atoms with E-state index in [0.717, 1.165) is 12.8 Å². The minimum absolute atomic E-state index is 0.0686. The second-order valence-electron chi connectivity index (χ2n) is 7.43. The Morgan fingerprint density at radius 3 is 2.55 bits per heavy atom. The summed E-state index contributed by atoms with van der Waals surface area (Å²) < 4.78 is 25.3. The van der Waals surface area contributed by atoms with Gasteiger partial charge in [0.05, 0.1) is 21.9 Å². The van der Waals surface area contributed by atoms with E-state index >= 15 is 0 Å². The van der Waals surface area contributed by atoms with Crippen LogP contribution in [0.25, 0.3) is 0 Å². The summed E-state index contributed by atoms with van der Waals surface area (Å²) in [6.45, 7) is 6.55. The quantitative estimate of drug-likeness (QED) is 0.586. The molecule has 6 heteroatoms. The lowest BCUT2D eigenvalue weighted by Gasteiger charge is -2.38. The van der Waals surface area contributed by atoms with Gasteiger partial charge in [-0.2, -0.15) is 0 Å². The molecule has 0 saturated heterocycles. The van der Waals surface area contributed by atoms with Gasteiger partial charge in [0, 0.05) is 11.4 Å². The molecular formula is C23H29NO3S2. The molecule has 156 valence electrons. The highest BCUT2D eigenvalue weighted by Crippen LogP contribution is 2.36. The number of hydrogen-bond acceptors (Lipinski definition) is 4. The molecule has 0 aliphatic carbocycles. The van der Waals surface area contributed by atoms with E-state index in [1.54, 1.807) is 18.2 Å². The molecular weight excluding hydrogens is 402 g/mol. The van der Waals surface area contributed by atoms with Gasteiger partial charge in [0.25, 0.3) is 0 Å². The molecule has 0 fully saturated rings. The average molecular weight is 432 g/mol. The number of carbonyl (C=O) groups is 1. The number of carbonyl (C=O) groups excluding carboxylic acids is 1. The first-order valence-corrected chi connectivity index (χ1v) is 12.8. The summed E-state index contributed by atoms with van der Waals surface area (Å²) in [5.41, 5.74) is 2.55. The Kier molecular flexibility index (Phi) is 7.06. The molecule has 0 N–H and O–H groups in total. The van der Waals surface area contributed by atoms with Gasteiger partial charge < -0.3 is 4.90 Å². The molecule has 1 heterocycles. The summed E-state index contributed by atoms with van der Waals surface area (Å²) in [6, 6.07) is 15.5. The number of thioether (sulfide) groups is 1. The van der Waals surface area contributed by atoms with Crippen molar-refractivity contribution in [1.29, 1.82) is 0 Å². The number of nitrogens with zero attached hydrogens (tertiary/aromatic N) is 1. The number of fused-ring (bicyclic) bond motifs is 1. The van der Waals surface area contributed by atoms with E-state index < -0.39 is 9.84 Å². The maximum Gasteiger partial charge on any atom is 0.236 e. The zero-order valence-electron chi connectivity index (χ0n) is 17.3. The number of rotatable bonds is 7. The predicted octanol–water partition coefficient (Wildman–Crippen LogP) is 4.89. The molecule has 2 unspecified atom stereocenters. The maximum absolute atomic E-state index is 13.3. The summed E-state index contributed by atoms with van der Waals surface area (Å²) in [6.07, 6.45) is 2.29. The smallest absolute Gasteiger partial charge is 0.236 e. The van der Waals surface area contributed by atoms with Gasteiger partial charge in [0.1, 0.15) is 0 Å². The van der Waals surface area contributed by atoms with Crippen LogP contribution in [0, 0.1) is 0 Å². The average Bonchev–Trinajstić information content (AvgIpc) is 2.72. The van der Waals surface area contributed by atoms with Crippen LogP contribution in [0.4, 0.5) is 0 Å². The van der Waals surface area contributed by atoms with Crippen LogP contribution in [0.1, 0.15) is 50.8 Å². The molecule has 3 rings (SSSR count). The standard InChI is InChI=1S/C23H29NO3S2/c1-4-16-29(26,27)22-13-9-8-12-21(22)28-17(3)23(25)24-15-14-18-10-6-7-11-19(18)20(24)5-2/h6-13,17,20H,4-5,14-16H2,1-3H3. The fourth-order valence-corrected chi connectivity index (χ4v) is 6.91. The van der Waals surface area contributed by atoms with E-state index in [0.29, 0.717) is 22.8 Å². The van der Waals surface area contributed by atoms with Crippen LogP contribution in [0.3, 0.4) is 0 Å². The summed E-state index contributed by atoms with van der Waals surface area (Å²) >= 11 is 1.35. The molecule has 0 saturated carbocycles. The van der Waals surface area contributed by atoms with Crippen molar-refractivity contribution in [2.45, 2.75) is 61.1 Å². The van der Waals surface area contributed by atoms with Crippen LogP contribution in [0.2, 0.25) is 0 Å². The molecule has 2 atom stereocenters. The van der Waals surface area contributed by atoms with Gasteiger partial charge >= 0.3 is 0 Å². The van der Waals surface area contributed by atoms with E-state index in [4.69, 9.17) is 0 Å². The first kappa shape index (κ1) is 21.9. The Hall–Kier alpha value is -1.79. The second kappa shape index (κ2) is 9.35. The highest BCUT2D eigenvalue weighted by Gasteiger charge is 2.32. The van der Waals surface area contributed by atoms with Crippen LogP contribution in [0.5, 0.6) is 0 Å². The van der Waals surface area contributed by atoms with Crippen molar-refractivity contribution < 1.29 is 13.2 Å². The minimum atomic E-state index is -3.34. The highest BCUT2D eigenvalue weighted by molar-refractivity contribution is 8.01. The highest BCUT2D eigenvalue weighted by atomic mass is 32.2. The molecule has 0 radical (unpaired) electrons. The lowest BCUT2D eigenvalue weighted by atomic mass is 9.91. The summed E-state index contributed by atoms with van der Waals surface area (Å²) in [4.78, 5) is 16.3. The molecule has 4 nitrogen and oxygen atoms in total. The Morgan fingerprint density at radius 1 is 1.14 bits per heavy atom. The minimum Gasteiger partial charge on any atom is -0.334 e. The van der Waals surface area contributed by atoms with Crippen LogP contribution in [-0.2, 0) is 21.1 Å². The van der Waals surface area contributed by atoms with Crippen molar-refractivity contribution in [1.82, 2.24) is 4.90 Å². The van der Waals surface area contributed by atoms with Crippen molar-refractivity contribution in [3.05, 3.63) is 59.7 Å². The Bertz CT molecular complexity index is 972. The SMILES string of the molecule is CCCS(=O)(=O)c1ccccc1SC(C)C(=O)N1CCc2ccccc2C1CC. The molecule has 2 aromatic rings. The van der Waals surface area contributed by atoms with Crippen LogP contribution in [0.15, 0.2) is 58.3 Å². The molecule has 0 spiro atoms. The zero-order valence-corrected chi connectivity index (χ0v) is 18.9. The van der Waals surface area contributed by atoms with Crippen molar-refractivity contribution in [2.75, 3.05) is 12.3 Å². The fourth-order valence-electron chi connectivity index (χ4n) is 4.01. The molecule has 0 bridgehead atoms. The number of sulfone groups is 1. The first-order chi connectivity index (χ1) is 13.9. The van der Waals surface area contributed by atoms with E-state index in [9.17, 15) is 13.2 Å². The summed E-state index contributed by atoms with van der Waals surface area (Å²) in [5, 5.41) is -0.354. The van der Waals surface area contributed by atoms with Gasteiger partial charge in [-0.3, -0.25) is 4.79 Å². The van der Waals surface area contributed by atoms with Crippen LogP contribution in [-0.4, -0.2) is 36.8 Å². The van der Waals surface area contributed by atoms with Crippen LogP contribution >= 0.6 is 11.8 Å². The molecule has 1 aliphatic rings. The van der Waals surface area contributed by atoms with Gasteiger partial charge in [0.15, 0.2) is 9.84 Å². The van der Waals surface area contributed by atoms with Gasteiger partial charge in [-0.15, -0.1) is 11.8 Å². The van der Waals surface area contributed by atoms with E-state index in [2.05, 4.69) is 25.1 Å². The van der Waals surface area contributed by atoms with Crippen molar-refractivity contribution in [2.24, 2.45) is 0 Å². The van der Waals surface area contributed by atoms with Gasteiger partial charge in [-0.25, -0.2) is 8.42 Å². The number of benzene rings is 2. The molecule has 1 aliphatic heterocycles. The first-order valence-electron chi connectivity index (χ1n) is 10.3. The number of hydrogen-bond donors (Lipinski definition) is 0. The van der Waals surface area contributed by atoms with Gasteiger partial charge in [-0.05, 0) is 49.4 Å². The Balaban J connectivity index is 1.82. The third-order valence-corrected chi connectivity index (χ3v) is 8.66. The zero-order chi connectivity index (χ0) is 21.0.